The van der Waals surface area contributed by atoms with Crippen molar-refractivity contribution in [1.82, 2.24) is 9.55 Å². The number of ether oxygens (including phenoxy) is 1. The number of halogens is 3. The smallest absolute Gasteiger partial charge is 0.378 e. The molecule has 0 aliphatic carbocycles. The molecule has 1 aliphatic rings. The lowest BCUT2D eigenvalue weighted by molar-refractivity contribution is -0.142. The van der Waals surface area contributed by atoms with Crippen molar-refractivity contribution < 1.29 is 27.5 Å². The zero-order valence-electron chi connectivity index (χ0n) is 21.2. The molecule has 202 valence electrons. The Balaban J connectivity index is 1.27. The average Bonchev–Trinajstić information content (AvgIpc) is 3.60. The van der Waals surface area contributed by atoms with E-state index in [4.69, 9.17) is 4.74 Å². The minimum atomic E-state index is -4.38. The number of hydrogen-bond acceptors (Lipinski definition) is 4. The highest BCUT2D eigenvalue weighted by Crippen LogP contribution is 2.28. The molecule has 1 N–H and O–H groups in total. The standard InChI is InChI=1S/C30H28F3N3O3/c31-30(32,33)15-14-29(38)35-23-3-1-4-24(18-23)36-19-34-26-17-22(10-12-27(26)36)20-6-8-21(9-7-20)28(37)13-11-25-5-2-16-39-25/h1,3-4,6-10,12,17-19,25H,2,5,11,13-16H2,(H,35,38). The van der Waals surface area contributed by atoms with Gasteiger partial charge in [-0.25, -0.2) is 4.98 Å². The molecule has 0 bridgehead atoms. The average molecular weight is 536 g/mol. The van der Waals surface area contributed by atoms with E-state index in [1.165, 1.54) is 0 Å². The first kappa shape index (κ1) is 26.6. The SMILES string of the molecule is O=C(CCC(F)(F)F)Nc1cccc(-n2cnc3cc(-c4ccc(C(=O)CCC5CCCO5)cc4)ccc32)c1. The zero-order chi connectivity index (χ0) is 27.4. The van der Waals surface area contributed by atoms with Gasteiger partial charge in [0.1, 0.15) is 6.33 Å². The van der Waals surface area contributed by atoms with Crippen LogP contribution in [0.15, 0.2) is 73.1 Å². The molecular weight excluding hydrogens is 507 g/mol. The van der Waals surface area contributed by atoms with Gasteiger partial charge >= 0.3 is 6.18 Å². The number of aromatic nitrogens is 2. The molecule has 5 rings (SSSR count). The van der Waals surface area contributed by atoms with E-state index in [0.717, 1.165) is 48.0 Å². The van der Waals surface area contributed by atoms with Crippen molar-refractivity contribution in [2.75, 3.05) is 11.9 Å². The molecule has 1 unspecified atom stereocenters. The quantitative estimate of drug-likeness (QED) is 0.232. The molecule has 1 amide bonds. The number of carbonyl (C=O) groups is 2. The number of hydrogen-bond donors (Lipinski definition) is 1. The van der Waals surface area contributed by atoms with Crippen LogP contribution in [0.5, 0.6) is 0 Å². The summed E-state index contributed by atoms with van der Waals surface area (Å²) in [5.41, 5.74) is 5.31. The highest BCUT2D eigenvalue weighted by molar-refractivity contribution is 5.96. The van der Waals surface area contributed by atoms with E-state index >= 15 is 0 Å². The Morgan fingerprint density at radius 2 is 1.79 bits per heavy atom. The molecule has 1 fully saturated rings. The minimum absolute atomic E-state index is 0.116. The number of anilines is 1. The van der Waals surface area contributed by atoms with Crippen LogP contribution >= 0.6 is 0 Å². The molecule has 2 heterocycles. The van der Waals surface area contributed by atoms with Crippen LogP contribution in [0.2, 0.25) is 0 Å². The topological polar surface area (TPSA) is 73.2 Å². The van der Waals surface area contributed by atoms with Crippen LogP contribution in [0.1, 0.15) is 48.9 Å². The molecule has 1 aliphatic heterocycles. The van der Waals surface area contributed by atoms with Crippen LogP contribution in [0.4, 0.5) is 18.9 Å². The van der Waals surface area contributed by atoms with Gasteiger partial charge in [0.25, 0.3) is 0 Å². The number of nitrogens with zero attached hydrogens (tertiary/aromatic N) is 2. The highest BCUT2D eigenvalue weighted by atomic mass is 19.4. The number of alkyl halides is 3. The Hall–Kier alpha value is -3.98. The van der Waals surface area contributed by atoms with E-state index in [1.54, 1.807) is 24.5 Å². The minimum Gasteiger partial charge on any atom is -0.378 e. The number of benzene rings is 3. The van der Waals surface area contributed by atoms with Crippen LogP contribution in [-0.2, 0) is 9.53 Å². The van der Waals surface area contributed by atoms with Crippen LogP contribution in [0.3, 0.4) is 0 Å². The lowest BCUT2D eigenvalue weighted by Gasteiger charge is -2.10. The van der Waals surface area contributed by atoms with Crippen molar-refractivity contribution in [2.45, 2.75) is 50.8 Å². The molecule has 9 heteroatoms. The second-order valence-electron chi connectivity index (χ2n) is 9.71. The molecule has 0 saturated carbocycles. The van der Waals surface area contributed by atoms with Gasteiger partial charge in [0.2, 0.25) is 5.91 Å². The van der Waals surface area contributed by atoms with Crippen LogP contribution < -0.4 is 5.32 Å². The van der Waals surface area contributed by atoms with Gasteiger partial charge in [-0.15, -0.1) is 0 Å². The Labute approximate surface area is 223 Å². The second kappa shape index (κ2) is 11.4. The normalized spacial score (nSPS) is 15.5. The monoisotopic (exact) mass is 535 g/mol. The molecule has 39 heavy (non-hydrogen) atoms. The van der Waals surface area contributed by atoms with E-state index in [1.807, 2.05) is 53.1 Å². The number of carbonyl (C=O) groups excluding carboxylic acids is 2. The fourth-order valence-electron chi connectivity index (χ4n) is 4.77. The van der Waals surface area contributed by atoms with Gasteiger partial charge in [0, 0.05) is 36.4 Å². The summed E-state index contributed by atoms with van der Waals surface area (Å²) in [7, 11) is 0. The first-order chi connectivity index (χ1) is 18.7. The largest absolute Gasteiger partial charge is 0.389 e. The second-order valence-corrected chi connectivity index (χ2v) is 9.71. The number of amides is 1. The number of imidazole rings is 1. The van der Waals surface area contributed by atoms with Crippen LogP contribution in [0, 0.1) is 0 Å². The van der Waals surface area contributed by atoms with Crippen molar-refractivity contribution >= 4 is 28.4 Å². The number of nitrogens with one attached hydrogen (secondary N) is 1. The predicted molar refractivity (Wildman–Crippen MR) is 143 cm³/mol. The summed E-state index contributed by atoms with van der Waals surface area (Å²) >= 11 is 0. The number of ketones is 1. The van der Waals surface area contributed by atoms with Gasteiger partial charge in [-0.05, 0) is 60.7 Å². The van der Waals surface area contributed by atoms with E-state index in [9.17, 15) is 22.8 Å². The fraction of sp³-hybridized carbons (Fsp3) is 0.300. The van der Waals surface area contributed by atoms with Crippen molar-refractivity contribution in [3.63, 3.8) is 0 Å². The lowest BCUT2D eigenvalue weighted by Crippen LogP contribution is -2.16. The fourth-order valence-corrected chi connectivity index (χ4v) is 4.77. The Kier molecular flexibility index (Phi) is 7.79. The number of fused-ring (bicyclic) bond motifs is 1. The van der Waals surface area contributed by atoms with Crippen LogP contribution in [-0.4, -0.2) is 40.1 Å². The maximum absolute atomic E-state index is 12.6. The molecule has 6 nitrogen and oxygen atoms in total. The number of rotatable bonds is 9. The maximum atomic E-state index is 12.6. The lowest BCUT2D eigenvalue weighted by atomic mass is 9.99. The van der Waals surface area contributed by atoms with Gasteiger partial charge in [-0.2, -0.15) is 13.2 Å². The summed E-state index contributed by atoms with van der Waals surface area (Å²) in [6, 6.07) is 20.3. The van der Waals surface area contributed by atoms with E-state index in [-0.39, 0.29) is 11.9 Å². The van der Waals surface area contributed by atoms with Crippen molar-refractivity contribution in [3.8, 4) is 16.8 Å². The third-order valence-corrected chi connectivity index (χ3v) is 6.85. The summed E-state index contributed by atoms with van der Waals surface area (Å²) in [5, 5.41) is 2.53. The summed E-state index contributed by atoms with van der Waals surface area (Å²) in [4.78, 5) is 29.0. The Bertz CT molecular complexity index is 1470. The van der Waals surface area contributed by atoms with Gasteiger partial charge in [0.15, 0.2) is 5.78 Å². The molecule has 0 spiro atoms. The molecule has 4 aromatic rings. The number of Topliss-reactive ketones (excluding diaryl/α,β-unsaturated/α-hetero) is 1. The molecule has 0 radical (unpaired) electrons. The highest BCUT2D eigenvalue weighted by Gasteiger charge is 2.28. The van der Waals surface area contributed by atoms with Crippen LogP contribution in [0.25, 0.3) is 27.8 Å². The summed E-state index contributed by atoms with van der Waals surface area (Å²) in [6.07, 6.45) is -0.987. The summed E-state index contributed by atoms with van der Waals surface area (Å²) in [5.74, 6) is -0.579. The first-order valence-corrected chi connectivity index (χ1v) is 12.9. The maximum Gasteiger partial charge on any atom is 0.389 e. The first-order valence-electron chi connectivity index (χ1n) is 12.9. The van der Waals surface area contributed by atoms with E-state index in [0.29, 0.717) is 23.4 Å². The third-order valence-electron chi connectivity index (χ3n) is 6.85. The summed E-state index contributed by atoms with van der Waals surface area (Å²) < 4.78 is 44.7. The Morgan fingerprint density at radius 1 is 1.00 bits per heavy atom. The zero-order valence-corrected chi connectivity index (χ0v) is 21.2. The van der Waals surface area contributed by atoms with E-state index in [2.05, 4.69) is 10.3 Å². The molecule has 1 aromatic heterocycles. The molecule has 1 saturated heterocycles. The Morgan fingerprint density at radius 3 is 2.54 bits per heavy atom. The molecule has 3 aromatic carbocycles. The van der Waals surface area contributed by atoms with Crippen molar-refractivity contribution in [1.29, 1.82) is 0 Å². The van der Waals surface area contributed by atoms with Gasteiger partial charge < -0.3 is 10.1 Å². The molecular formula is C30H28F3N3O3. The van der Waals surface area contributed by atoms with Gasteiger partial charge in [-0.3, -0.25) is 14.2 Å². The predicted octanol–water partition coefficient (Wildman–Crippen LogP) is 7.12. The van der Waals surface area contributed by atoms with E-state index < -0.39 is 24.9 Å². The molecule has 1 atom stereocenters. The van der Waals surface area contributed by atoms with Gasteiger partial charge in [0.05, 0.1) is 23.6 Å². The summed E-state index contributed by atoms with van der Waals surface area (Å²) in [6.45, 7) is 0.787. The van der Waals surface area contributed by atoms with Crippen molar-refractivity contribution in [2.24, 2.45) is 0 Å². The van der Waals surface area contributed by atoms with Crippen molar-refractivity contribution in [3.05, 3.63) is 78.6 Å². The van der Waals surface area contributed by atoms with Gasteiger partial charge in [-0.1, -0.05) is 36.4 Å². The third kappa shape index (κ3) is 6.72.